The zero-order valence-corrected chi connectivity index (χ0v) is 8.78. The fourth-order valence-corrected chi connectivity index (χ4v) is 2.16. The maximum atomic E-state index is 9.33. The van der Waals surface area contributed by atoms with Crippen LogP contribution in [-0.2, 0) is 0 Å². The summed E-state index contributed by atoms with van der Waals surface area (Å²) in [6.07, 6.45) is 6.18. The van der Waals surface area contributed by atoms with Gasteiger partial charge in [0.05, 0.1) is 6.10 Å². The molecule has 0 amide bonds. The molecule has 0 aromatic heterocycles. The molecule has 0 saturated heterocycles. The molecule has 2 N–H and O–H groups in total. The summed E-state index contributed by atoms with van der Waals surface area (Å²) in [5.74, 6) is 1.02. The van der Waals surface area contributed by atoms with E-state index in [4.69, 9.17) is 0 Å². The van der Waals surface area contributed by atoms with Crippen LogP contribution < -0.4 is 5.32 Å². The van der Waals surface area contributed by atoms with Crippen molar-refractivity contribution in [1.29, 1.82) is 0 Å². The highest BCUT2D eigenvalue weighted by atomic mass is 32.2. The van der Waals surface area contributed by atoms with Crippen LogP contribution >= 0.6 is 11.8 Å². The minimum atomic E-state index is -0.0471. The lowest BCUT2D eigenvalue weighted by atomic mass is 9.82. The quantitative estimate of drug-likeness (QED) is 0.661. The van der Waals surface area contributed by atoms with Gasteiger partial charge >= 0.3 is 0 Å². The molecule has 0 atom stereocenters. The maximum Gasteiger partial charge on any atom is 0.0541 e. The molecule has 12 heavy (non-hydrogen) atoms. The summed E-state index contributed by atoms with van der Waals surface area (Å²) in [5, 5.41) is 12.9. The summed E-state index contributed by atoms with van der Waals surface area (Å²) < 4.78 is 0. The minimum Gasteiger partial charge on any atom is -0.393 e. The SMILES string of the molecule is CSCN[C@]1(C)CC[C@H](O)CC1. The van der Waals surface area contributed by atoms with Crippen molar-refractivity contribution in [3.05, 3.63) is 0 Å². The molecule has 72 valence electrons. The molecule has 3 heteroatoms. The third-order valence-corrected chi connectivity index (χ3v) is 3.13. The summed E-state index contributed by atoms with van der Waals surface area (Å²) in [6, 6.07) is 0. The third-order valence-electron chi connectivity index (χ3n) is 2.70. The average Bonchev–Trinajstić information content (AvgIpc) is 2.08. The second-order valence-corrected chi connectivity index (χ2v) is 4.77. The molecule has 1 rings (SSSR count). The molecule has 1 aliphatic carbocycles. The lowest BCUT2D eigenvalue weighted by molar-refractivity contribution is 0.0921. The number of aliphatic hydroxyl groups is 1. The summed E-state index contributed by atoms with van der Waals surface area (Å²) in [4.78, 5) is 0. The average molecular weight is 189 g/mol. The van der Waals surface area contributed by atoms with Crippen molar-refractivity contribution in [2.75, 3.05) is 12.1 Å². The van der Waals surface area contributed by atoms with E-state index in [0.717, 1.165) is 31.6 Å². The van der Waals surface area contributed by atoms with Crippen molar-refractivity contribution in [2.24, 2.45) is 0 Å². The Labute approximate surface area is 79.1 Å². The predicted molar refractivity (Wildman–Crippen MR) is 54.4 cm³/mol. The van der Waals surface area contributed by atoms with Crippen LogP contribution in [0.4, 0.5) is 0 Å². The number of aliphatic hydroxyl groups excluding tert-OH is 1. The second kappa shape index (κ2) is 4.49. The first-order chi connectivity index (χ1) is 5.66. The highest BCUT2D eigenvalue weighted by Crippen LogP contribution is 2.27. The fraction of sp³-hybridized carbons (Fsp3) is 1.00. The second-order valence-electron chi connectivity index (χ2n) is 3.90. The van der Waals surface area contributed by atoms with Gasteiger partial charge in [-0.25, -0.2) is 0 Å². The van der Waals surface area contributed by atoms with Crippen LogP contribution in [-0.4, -0.2) is 28.9 Å². The molecule has 0 unspecified atom stereocenters. The van der Waals surface area contributed by atoms with Gasteiger partial charge in [-0.05, 0) is 38.9 Å². The van der Waals surface area contributed by atoms with Gasteiger partial charge in [-0.3, -0.25) is 0 Å². The Hall–Kier alpha value is 0.270. The molecule has 0 aromatic carbocycles. The first kappa shape index (κ1) is 10.4. The molecule has 2 nitrogen and oxygen atoms in total. The number of rotatable bonds is 3. The highest BCUT2D eigenvalue weighted by Gasteiger charge is 2.29. The van der Waals surface area contributed by atoms with Gasteiger partial charge in [0, 0.05) is 11.4 Å². The van der Waals surface area contributed by atoms with Crippen molar-refractivity contribution in [3.63, 3.8) is 0 Å². The molecule has 0 spiro atoms. The van der Waals surface area contributed by atoms with Crippen molar-refractivity contribution >= 4 is 11.8 Å². The zero-order chi connectivity index (χ0) is 9.03. The molecule has 0 bridgehead atoms. The molecule has 1 aliphatic rings. The van der Waals surface area contributed by atoms with Crippen LogP contribution in [0.15, 0.2) is 0 Å². The first-order valence-electron chi connectivity index (χ1n) is 4.58. The standard InChI is InChI=1S/C9H19NOS/c1-9(10-7-12-2)5-3-8(11)4-6-9/h8,10-11H,3-7H2,1-2H3/t8-,9+. The van der Waals surface area contributed by atoms with Gasteiger partial charge in [-0.15, -0.1) is 11.8 Å². The monoisotopic (exact) mass is 189 g/mol. The van der Waals surface area contributed by atoms with Crippen molar-refractivity contribution < 1.29 is 5.11 Å². The van der Waals surface area contributed by atoms with Crippen LogP contribution in [0, 0.1) is 0 Å². The summed E-state index contributed by atoms with van der Waals surface area (Å²) >= 11 is 1.82. The first-order valence-corrected chi connectivity index (χ1v) is 5.98. The van der Waals surface area contributed by atoms with E-state index in [9.17, 15) is 5.11 Å². The van der Waals surface area contributed by atoms with E-state index in [-0.39, 0.29) is 11.6 Å². The van der Waals surface area contributed by atoms with Gasteiger partial charge < -0.3 is 10.4 Å². The molecule has 0 aliphatic heterocycles. The third kappa shape index (κ3) is 2.96. The van der Waals surface area contributed by atoms with Gasteiger partial charge in [-0.2, -0.15) is 0 Å². The predicted octanol–water partition coefficient (Wildman–Crippen LogP) is 1.59. The Balaban J connectivity index is 2.29. The van der Waals surface area contributed by atoms with Gasteiger partial charge in [0.2, 0.25) is 0 Å². The number of hydrogen-bond donors (Lipinski definition) is 2. The smallest absolute Gasteiger partial charge is 0.0541 e. The Kier molecular flexibility index (Phi) is 3.87. The minimum absolute atomic E-state index is 0.0471. The van der Waals surface area contributed by atoms with Crippen molar-refractivity contribution in [3.8, 4) is 0 Å². The molecular weight excluding hydrogens is 170 g/mol. The molecule has 0 heterocycles. The van der Waals surface area contributed by atoms with Crippen molar-refractivity contribution in [2.45, 2.75) is 44.2 Å². The molecular formula is C9H19NOS. The van der Waals surface area contributed by atoms with Crippen LogP contribution in [0.3, 0.4) is 0 Å². The van der Waals surface area contributed by atoms with Gasteiger partial charge in [0.25, 0.3) is 0 Å². The molecule has 1 fully saturated rings. The number of nitrogens with one attached hydrogen (secondary N) is 1. The van der Waals surface area contributed by atoms with E-state index in [0.29, 0.717) is 0 Å². The summed E-state index contributed by atoms with van der Waals surface area (Å²) in [6.45, 7) is 2.26. The Morgan fingerprint density at radius 2 is 2.08 bits per heavy atom. The Morgan fingerprint density at radius 1 is 1.50 bits per heavy atom. The zero-order valence-electron chi connectivity index (χ0n) is 7.97. The Morgan fingerprint density at radius 3 is 2.58 bits per heavy atom. The van der Waals surface area contributed by atoms with E-state index in [1.165, 1.54) is 0 Å². The van der Waals surface area contributed by atoms with Gasteiger partial charge in [-0.1, -0.05) is 0 Å². The summed E-state index contributed by atoms with van der Waals surface area (Å²) in [7, 11) is 0. The molecule has 1 saturated carbocycles. The van der Waals surface area contributed by atoms with Crippen LogP contribution in [0.1, 0.15) is 32.6 Å². The topological polar surface area (TPSA) is 32.3 Å². The number of hydrogen-bond acceptors (Lipinski definition) is 3. The number of thioether (sulfide) groups is 1. The highest BCUT2D eigenvalue weighted by molar-refractivity contribution is 7.98. The van der Waals surface area contributed by atoms with Crippen LogP contribution in [0.2, 0.25) is 0 Å². The van der Waals surface area contributed by atoms with E-state index in [2.05, 4.69) is 18.5 Å². The van der Waals surface area contributed by atoms with E-state index >= 15 is 0 Å². The van der Waals surface area contributed by atoms with Crippen LogP contribution in [0.5, 0.6) is 0 Å². The van der Waals surface area contributed by atoms with E-state index in [1.807, 2.05) is 11.8 Å². The molecule has 0 radical (unpaired) electrons. The largest absolute Gasteiger partial charge is 0.393 e. The fourth-order valence-electron chi connectivity index (χ4n) is 1.66. The van der Waals surface area contributed by atoms with Gasteiger partial charge in [0.15, 0.2) is 0 Å². The maximum absolute atomic E-state index is 9.33. The lowest BCUT2D eigenvalue weighted by Gasteiger charge is -2.36. The normalized spacial score (nSPS) is 36.8. The van der Waals surface area contributed by atoms with Crippen molar-refractivity contribution in [1.82, 2.24) is 5.32 Å². The van der Waals surface area contributed by atoms with Gasteiger partial charge in [0.1, 0.15) is 0 Å². The summed E-state index contributed by atoms with van der Waals surface area (Å²) in [5.41, 5.74) is 0.280. The molecule has 0 aromatic rings. The van der Waals surface area contributed by atoms with Crippen LogP contribution in [0.25, 0.3) is 0 Å². The Bertz CT molecular complexity index is 127. The van der Waals surface area contributed by atoms with E-state index in [1.54, 1.807) is 0 Å². The lowest BCUT2D eigenvalue weighted by Crippen LogP contribution is -2.45. The van der Waals surface area contributed by atoms with E-state index < -0.39 is 0 Å².